The molecule has 0 aromatic heterocycles. The second-order valence-electron chi connectivity index (χ2n) is 14.7. The van der Waals surface area contributed by atoms with Crippen LogP contribution >= 0.6 is 0 Å². The average molecular weight is 732 g/mol. The van der Waals surface area contributed by atoms with E-state index in [2.05, 4.69) is 22.9 Å². The molecule has 9 atom stereocenters. The largest absolute Gasteiger partial charge is 0.379 e. The van der Waals surface area contributed by atoms with Crippen LogP contribution in [-0.4, -0.2) is 117 Å². The van der Waals surface area contributed by atoms with Gasteiger partial charge in [-0.15, -0.1) is 0 Å². The van der Waals surface area contributed by atoms with Crippen molar-refractivity contribution in [3.8, 4) is 0 Å². The van der Waals surface area contributed by atoms with Crippen LogP contribution in [0.1, 0.15) is 80.2 Å². The maximum Gasteiger partial charge on any atom is 0.373 e. The van der Waals surface area contributed by atoms with Crippen molar-refractivity contribution in [2.45, 2.75) is 123 Å². The van der Waals surface area contributed by atoms with Crippen LogP contribution in [0.3, 0.4) is 0 Å². The van der Waals surface area contributed by atoms with Crippen molar-refractivity contribution < 1.29 is 38.2 Å². The molecule has 4 amide bonds. The third-order valence-electron chi connectivity index (χ3n) is 10.3. The summed E-state index contributed by atoms with van der Waals surface area (Å²) in [7, 11) is 6.64. The topological polar surface area (TPSA) is 163 Å². The molecule has 1 aromatic carbocycles. The van der Waals surface area contributed by atoms with Gasteiger partial charge < -0.3 is 35.2 Å². The lowest BCUT2D eigenvalue weighted by molar-refractivity contribution is -0.191. The van der Waals surface area contributed by atoms with Crippen molar-refractivity contribution in [3.05, 3.63) is 35.9 Å². The number of benzene rings is 1. The van der Waals surface area contributed by atoms with Crippen LogP contribution in [0.4, 0.5) is 0 Å². The van der Waals surface area contributed by atoms with E-state index in [0.717, 1.165) is 24.8 Å². The molecular weight excluding hydrogens is 666 g/mol. The number of nitrogens with one attached hydrogen (secondary N) is 3. The van der Waals surface area contributed by atoms with Crippen molar-refractivity contribution in [1.82, 2.24) is 25.8 Å². The fourth-order valence-corrected chi connectivity index (χ4v) is 7.06. The summed E-state index contributed by atoms with van der Waals surface area (Å²) in [5.74, 6) is -1.22. The van der Waals surface area contributed by atoms with Crippen LogP contribution < -0.4 is 16.0 Å². The SMILES string of the molecule is CCC(C)[C@@H]([C@@H](CC(=O)N1CC[C@H]1[C@H](OC)[C@@H](C)C(=O)N[C@H](C)Cc1ccccc1)OC)N(C)C(=O)[C@@H](NC(=O)[C@@H](NC)C(C)C)C(C)C.O=C=O. The summed E-state index contributed by atoms with van der Waals surface area (Å²) < 4.78 is 11.8. The van der Waals surface area contributed by atoms with Crippen molar-refractivity contribution in [3.63, 3.8) is 0 Å². The Labute approximate surface area is 311 Å². The number of hydrogen-bond donors (Lipinski definition) is 3. The average Bonchev–Trinajstić information content (AvgIpc) is 3.08. The minimum absolute atomic E-state index is 0.0106. The normalized spacial score (nSPS) is 18.6. The molecule has 13 heteroatoms. The highest BCUT2D eigenvalue weighted by molar-refractivity contribution is 5.90. The molecule has 13 nitrogen and oxygen atoms in total. The van der Waals surface area contributed by atoms with Gasteiger partial charge in [0.25, 0.3) is 0 Å². The second-order valence-corrected chi connectivity index (χ2v) is 14.7. The Morgan fingerprint density at radius 1 is 0.904 bits per heavy atom. The third kappa shape index (κ3) is 13.1. The molecule has 2 rings (SSSR count). The van der Waals surface area contributed by atoms with E-state index in [0.29, 0.717) is 6.54 Å². The van der Waals surface area contributed by atoms with Gasteiger partial charge in [-0.3, -0.25) is 19.2 Å². The molecule has 294 valence electrons. The molecule has 1 aliphatic heterocycles. The number of likely N-dealkylation sites (tertiary alicyclic amines) is 1. The van der Waals surface area contributed by atoms with Crippen LogP contribution in [0, 0.1) is 23.7 Å². The Bertz CT molecular complexity index is 1290. The highest BCUT2D eigenvalue weighted by Crippen LogP contribution is 2.30. The maximum atomic E-state index is 14.1. The Morgan fingerprint density at radius 3 is 1.92 bits per heavy atom. The molecule has 0 spiro atoms. The fraction of sp³-hybridized carbons (Fsp3) is 0.718. The van der Waals surface area contributed by atoms with Gasteiger partial charge in [0.2, 0.25) is 23.6 Å². The van der Waals surface area contributed by atoms with E-state index in [1.807, 2.05) is 78.8 Å². The summed E-state index contributed by atoms with van der Waals surface area (Å²) in [6.07, 6.45) is 1.47. The quantitative estimate of drug-likeness (QED) is 0.183. The molecular formula is C39H65N5O8. The van der Waals surface area contributed by atoms with Crippen molar-refractivity contribution >= 4 is 29.8 Å². The first-order valence-corrected chi connectivity index (χ1v) is 18.5. The van der Waals surface area contributed by atoms with Gasteiger partial charge in [-0.2, -0.15) is 9.59 Å². The minimum atomic E-state index is -0.739. The summed E-state index contributed by atoms with van der Waals surface area (Å²) in [6, 6.07) is 8.15. The molecule has 52 heavy (non-hydrogen) atoms. The maximum absolute atomic E-state index is 14.1. The van der Waals surface area contributed by atoms with Crippen LogP contribution in [-0.2, 0) is 44.7 Å². The van der Waals surface area contributed by atoms with Gasteiger partial charge in [0.05, 0.1) is 42.7 Å². The Kier molecular flexibility index (Phi) is 20.6. The highest BCUT2D eigenvalue weighted by atomic mass is 16.5. The number of amides is 4. The van der Waals surface area contributed by atoms with Crippen LogP contribution in [0.5, 0.6) is 0 Å². The van der Waals surface area contributed by atoms with E-state index in [1.165, 1.54) is 0 Å². The first-order chi connectivity index (χ1) is 24.5. The molecule has 1 heterocycles. The van der Waals surface area contributed by atoms with Gasteiger partial charge in [0.15, 0.2) is 0 Å². The molecule has 0 aliphatic carbocycles. The Balaban J connectivity index is 0.00000434. The first-order valence-electron chi connectivity index (χ1n) is 18.5. The highest BCUT2D eigenvalue weighted by Gasteiger charge is 2.44. The minimum Gasteiger partial charge on any atom is -0.379 e. The van der Waals surface area contributed by atoms with Crippen LogP contribution in [0.2, 0.25) is 0 Å². The molecule has 1 unspecified atom stereocenters. The number of ether oxygens (including phenoxy) is 2. The smallest absolute Gasteiger partial charge is 0.373 e. The Hall–Kier alpha value is -3.64. The molecule has 0 bridgehead atoms. The fourth-order valence-electron chi connectivity index (χ4n) is 7.06. The van der Waals surface area contributed by atoms with E-state index >= 15 is 0 Å². The number of nitrogens with zero attached hydrogens (tertiary/aromatic N) is 2. The third-order valence-corrected chi connectivity index (χ3v) is 10.3. The lowest BCUT2D eigenvalue weighted by Crippen LogP contribution is -2.62. The number of hydrogen-bond acceptors (Lipinski definition) is 9. The molecule has 0 radical (unpaired) electrons. The zero-order valence-electron chi connectivity index (χ0n) is 33.4. The molecule has 0 saturated carbocycles. The van der Waals surface area contributed by atoms with Crippen molar-refractivity contribution in [2.24, 2.45) is 23.7 Å². The van der Waals surface area contributed by atoms with E-state index < -0.39 is 36.3 Å². The number of carbonyl (C=O) groups is 4. The summed E-state index contributed by atoms with van der Waals surface area (Å²) in [6.45, 7) is 16.2. The van der Waals surface area contributed by atoms with E-state index in [1.54, 1.807) is 38.1 Å². The molecule has 1 fully saturated rings. The van der Waals surface area contributed by atoms with Gasteiger partial charge in [0.1, 0.15) is 6.04 Å². The molecule has 1 saturated heterocycles. The first kappa shape index (κ1) is 46.4. The lowest BCUT2D eigenvalue weighted by atomic mass is 9.86. The number of rotatable bonds is 20. The molecule has 3 N–H and O–H groups in total. The van der Waals surface area contributed by atoms with Gasteiger partial charge in [0, 0.05) is 33.9 Å². The molecule has 1 aliphatic rings. The second kappa shape index (κ2) is 23.1. The van der Waals surface area contributed by atoms with Gasteiger partial charge in [-0.1, -0.05) is 85.2 Å². The zero-order chi connectivity index (χ0) is 39.7. The Morgan fingerprint density at radius 2 is 1.48 bits per heavy atom. The van der Waals surface area contributed by atoms with Crippen molar-refractivity contribution in [1.29, 1.82) is 0 Å². The summed E-state index contributed by atoms with van der Waals surface area (Å²) in [5.41, 5.74) is 1.15. The monoisotopic (exact) mass is 731 g/mol. The molecule has 1 aromatic rings. The summed E-state index contributed by atoms with van der Waals surface area (Å²) in [5, 5.41) is 9.16. The van der Waals surface area contributed by atoms with E-state index in [4.69, 9.17) is 19.1 Å². The number of likely N-dealkylation sites (N-methyl/N-ethyl adjacent to an activating group) is 2. The summed E-state index contributed by atoms with van der Waals surface area (Å²) >= 11 is 0. The van der Waals surface area contributed by atoms with Gasteiger partial charge in [-0.25, -0.2) is 0 Å². The standard InChI is InChI=1S/C38H65N5O6.CO2/c1-13-25(6)34(42(10)38(47)33(24(4)5)41-37(46)32(39-9)23(2)3)30(48-11)22-31(44)43-20-19-29(43)35(49-12)27(8)36(45)40-26(7)21-28-17-15-14-16-18-28;2-1-3/h14-18,23-27,29-30,32-35,39H,13,19-22H2,1-12H3,(H,40,45)(H,41,46);/t25?,26-,27-,29+,30-,32+,33+,34+,35-;/m1./s1. The summed E-state index contributed by atoms with van der Waals surface area (Å²) in [4.78, 5) is 74.1. The van der Waals surface area contributed by atoms with Crippen LogP contribution in [0.25, 0.3) is 0 Å². The number of methoxy groups -OCH3 is 2. The van der Waals surface area contributed by atoms with Gasteiger partial charge in [-0.05, 0) is 50.1 Å². The number of carbonyl (C=O) groups excluding carboxylic acids is 6. The zero-order valence-corrected chi connectivity index (χ0v) is 33.4. The lowest BCUT2D eigenvalue weighted by Gasteiger charge is -2.47. The predicted molar refractivity (Wildman–Crippen MR) is 199 cm³/mol. The van der Waals surface area contributed by atoms with Crippen LogP contribution in [0.15, 0.2) is 30.3 Å². The predicted octanol–water partition coefficient (Wildman–Crippen LogP) is 3.07. The van der Waals surface area contributed by atoms with Gasteiger partial charge >= 0.3 is 6.15 Å². The van der Waals surface area contributed by atoms with E-state index in [-0.39, 0.29) is 66.0 Å². The van der Waals surface area contributed by atoms with E-state index in [9.17, 15) is 19.2 Å². The van der Waals surface area contributed by atoms with Crippen molar-refractivity contribution in [2.75, 3.05) is 34.9 Å².